The van der Waals surface area contributed by atoms with Crippen LogP contribution in [0.1, 0.15) is 49.3 Å². The summed E-state index contributed by atoms with van der Waals surface area (Å²) >= 11 is 0. The number of aromatic nitrogens is 1. The van der Waals surface area contributed by atoms with Gasteiger partial charge in [-0.1, -0.05) is 12.5 Å². The molecule has 1 aromatic heterocycles. The van der Waals surface area contributed by atoms with Crippen molar-refractivity contribution in [2.75, 3.05) is 0 Å². The summed E-state index contributed by atoms with van der Waals surface area (Å²) in [4.78, 5) is 15.8. The normalized spacial score (nSPS) is 22.5. The lowest BCUT2D eigenvalue weighted by atomic mass is 9.93. The van der Waals surface area contributed by atoms with E-state index in [1.165, 1.54) is 12.0 Å². The number of hydrogen-bond donors (Lipinski definition) is 0. The van der Waals surface area contributed by atoms with Gasteiger partial charge in [-0.05, 0) is 37.3 Å². The van der Waals surface area contributed by atoms with Crippen LogP contribution in [0.15, 0.2) is 18.3 Å². The molecule has 1 aromatic rings. The fourth-order valence-electron chi connectivity index (χ4n) is 2.20. The molecule has 0 amide bonds. The fourth-order valence-corrected chi connectivity index (χ4v) is 2.20. The molecule has 1 unspecified atom stereocenters. The predicted octanol–water partition coefficient (Wildman–Crippen LogP) is 3.01. The van der Waals surface area contributed by atoms with E-state index in [1.54, 1.807) is 0 Å². The minimum Gasteiger partial charge on any atom is -0.300 e. The number of pyridine rings is 1. The van der Waals surface area contributed by atoms with Gasteiger partial charge in [-0.25, -0.2) is 0 Å². The number of hydrogen-bond acceptors (Lipinski definition) is 2. The van der Waals surface area contributed by atoms with Crippen molar-refractivity contribution in [3.05, 3.63) is 29.6 Å². The van der Waals surface area contributed by atoms with Gasteiger partial charge >= 0.3 is 0 Å². The Bertz CT molecular complexity index is 342. The summed E-state index contributed by atoms with van der Waals surface area (Å²) in [6.07, 6.45) is 6.79. The summed E-state index contributed by atoms with van der Waals surface area (Å²) in [5.74, 6) is 0.825. The van der Waals surface area contributed by atoms with Crippen LogP contribution in [0.5, 0.6) is 0 Å². The maximum absolute atomic E-state index is 11.5. The number of ketones is 1. The second-order valence-corrected chi connectivity index (χ2v) is 4.42. The number of rotatable bonds is 1. The molecule has 0 bridgehead atoms. The highest BCUT2D eigenvalue weighted by atomic mass is 16.1. The number of carbonyl (C=O) groups excluding carboxylic acids is 1. The second kappa shape index (κ2) is 4.56. The van der Waals surface area contributed by atoms with Crippen molar-refractivity contribution in [2.24, 2.45) is 0 Å². The summed E-state index contributed by atoms with van der Waals surface area (Å²) in [5, 5.41) is 0. The zero-order chi connectivity index (χ0) is 10.7. The van der Waals surface area contributed by atoms with Crippen molar-refractivity contribution >= 4 is 5.78 Å². The van der Waals surface area contributed by atoms with Crippen LogP contribution < -0.4 is 0 Å². The molecule has 0 aliphatic heterocycles. The number of nitrogens with zero attached hydrogens (tertiary/aromatic N) is 1. The Labute approximate surface area is 90.7 Å². The molecule has 0 N–H and O–H groups in total. The highest BCUT2D eigenvalue weighted by Gasteiger charge is 2.19. The van der Waals surface area contributed by atoms with Crippen LogP contribution in [0, 0.1) is 6.92 Å². The van der Waals surface area contributed by atoms with E-state index in [1.807, 2.05) is 19.2 Å². The highest BCUT2D eigenvalue weighted by Crippen LogP contribution is 2.29. The van der Waals surface area contributed by atoms with Gasteiger partial charge in [0.1, 0.15) is 5.78 Å². The number of Topliss-reactive ketones (excluding diaryl/α,β-unsaturated/α-hetero) is 1. The molecule has 1 aliphatic carbocycles. The molecule has 2 nitrogen and oxygen atoms in total. The molecule has 0 aromatic carbocycles. The Morgan fingerprint density at radius 2 is 2.20 bits per heavy atom. The van der Waals surface area contributed by atoms with Crippen LogP contribution in [0.25, 0.3) is 0 Å². The molecule has 2 heteroatoms. The molecule has 2 rings (SSSR count). The minimum atomic E-state index is 0.410. The van der Waals surface area contributed by atoms with E-state index in [-0.39, 0.29) is 0 Å². The first-order valence-electron chi connectivity index (χ1n) is 5.70. The average molecular weight is 203 g/mol. The smallest absolute Gasteiger partial charge is 0.133 e. The lowest BCUT2D eigenvalue weighted by molar-refractivity contribution is -0.119. The SMILES string of the molecule is Cc1ccc(C2CCCCC(=O)C2)cn1. The van der Waals surface area contributed by atoms with E-state index < -0.39 is 0 Å². The van der Waals surface area contributed by atoms with E-state index >= 15 is 0 Å². The Balaban J connectivity index is 2.14. The van der Waals surface area contributed by atoms with Crippen LogP contribution in [-0.2, 0) is 4.79 Å². The van der Waals surface area contributed by atoms with Crippen LogP contribution in [-0.4, -0.2) is 10.8 Å². The first-order chi connectivity index (χ1) is 7.25. The quantitative estimate of drug-likeness (QED) is 0.657. The first-order valence-corrected chi connectivity index (χ1v) is 5.70. The Kier molecular flexibility index (Phi) is 3.14. The molecule has 1 aliphatic rings. The summed E-state index contributed by atoms with van der Waals surface area (Å²) < 4.78 is 0. The topological polar surface area (TPSA) is 30.0 Å². The lowest BCUT2D eigenvalue weighted by Crippen LogP contribution is -2.04. The fraction of sp³-hybridized carbons (Fsp3) is 0.538. The third-order valence-corrected chi connectivity index (χ3v) is 3.14. The van der Waals surface area contributed by atoms with Crippen LogP contribution in [0.4, 0.5) is 0 Å². The Morgan fingerprint density at radius 1 is 1.33 bits per heavy atom. The molecule has 1 heterocycles. The molecule has 0 spiro atoms. The highest BCUT2D eigenvalue weighted by molar-refractivity contribution is 5.79. The van der Waals surface area contributed by atoms with Crippen molar-refractivity contribution in [2.45, 2.75) is 44.9 Å². The van der Waals surface area contributed by atoms with E-state index in [2.05, 4.69) is 11.1 Å². The van der Waals surface area contributed by atoms with Gasteiger partial charge in [-0.15, -0.1) is 0 Å². The maximum Gasteiger partial charge on any atom is 0.133 e. The zero-order valence-electron chi connectivity index (χ0n) is 9.20. The molecule has 1 saturated carbocycles. The number of carbonyl (C=O) groups is 1. The van der Waals surface area contributed by atoms with E-state index in [9.17, 15) is 4.79 Å². The summed E-state index contributed by atoms with van der Waals surface area (Å²) in [6.45, 7) is 1.99. The Morgan fingerprint density at radius 3 is 2.93 bits per heavy atom. The summed E-state index contributed by atoms with van der Waals surface area (Å²) in [5.41, 5.74) is 2.27. The van der Waals surface area contributed by atoms with Gasteiger partial charge in [0.15, 0.2) is 0 Å². The molecule has 80 valence electrons. The molecule has 0 saturated heterocycles. The maximum atomic E-state index is 11.5. The van der Waals surface area contributed by atoms with Crippen molar-refractivity contribution in [3.8, 4) is 0 Å². The van der Waals surface area contributed by atoms with Crippen LogP contribution in [0.2, 0.25) is 0 Å². The standard InChI is InChI=1S/C13H17NO/c1-10-6-7-12(9-14-10)11-4-2-3-5-13(15)8-11/h6-7,9,11H,2-5,8H2,1H3. The van der Waals surface area contributed by atoms with Gasteiger partial charge in [0.2, 0.25) is 0 Å². The summed E-state index contributed by atoms with van der Waals surface area (Å²) in [7, 11) is 0. The first kappa shape index (κ1) is 10.3. The van der Waals surface area contributed by atoms with Crippen LogP contribution in [0.3, 0.4) is 0 Å². The van der Waals surface area contributed by atoms with Crippen molar-refractivity contribution in [1.29, 1.82) is 0 Å². The lowest BCUT2D eigenvalue weighted by Gasteiger charge is -2.13. The van der Waals surface area contributed by atoms with Gasteiger partial charge in [0, 0.05) is 24.7 Å². The average Bonchev–Trinajstić information content (AvgIpc) is 2.44. The molecule has 1 atom stereocenters. The van der Waals surface area contributed by atoms with E-state index in [4.69, 9.17) is 0 Å². The molecule has 1 fully saturated rings. The monoisotopic (exact) mass is 203 g/mol. The van der Waals surface area contributed by atoms with Gasteiger partial charge in [0.05, 0.1) is 0 Å². The van der Waals surface area contributed by atoms with Crippen molar-refractivity contribution < 1.29 is 4.79 Å². The van der Waals surface area contributed by atoms with Crippen molar-refractivity contribution in [1.82, 2.24) is 4.98 Å². The zero-order valence-corrected chi connectivity index (χ0v) is 9.20. The third-order valence-electron chi connectivity index (χ3n) is 3.14. The number of aryl methyl sites for hydroxylation is 1. The third kappa shape index (κ3) is 2.65. The van der Waals surface area contributed by atoms with Crippen molar-refractivity contribution in [3.63, 3.8) is 0 Å². The van der Waals surface area contributed by atoms with Gasteiger partial charge < -0.3 is 0 Å². The second-order valence-electron chi connectivity index (χ2n) is 4.42. The minimum absolute atomic E-state index is 0.410. The van der Waals surface area contributed by atoms with E-state index in [0.717, 1.165) is 25.0 Å². The Hall–Kier alpha value is -1.18. The van der Waals surface area contributed by atoms with Gasteiger partial charge in [-0.2, -0.15) is 0 Å². The predicted molar refractivity (Wildman–Crippen MR) is 59.8 cm³/mol. The van der Waals surface area contributed by atoms with Gasteiger partial charge in [0.25, 0.3) is 0 Å². The molecular formula is C13H17NO. The largest absolute Gasteiger partial charge is 0.300 e. The summed E-state index contributed by atoms with van der Waals surface area (Å²) in [6, 6.07) is 4.15. The van der Waals surface area contributed by atoms with E-state index in [0.29, 0.717) is 18.1 Å². The van der Waals surface area contributed by atoms with Gasteiger partial charge in [-0.3, -0.25) is 9.78 Å². The molecular weight excluding hydrogens is 186 g/mol. The molecule has 0 radical (unpaired) electrons. The molecule has 15 heavy (non-hydrogen) atoms. The van der Waals surface area contributed by atoms with Crippen LogP contribution >= 0.6 is 0 Å².